The van der Waals surface area contributed by atoms with Gasteiger partial charge in [0, 0.05) is 57.7 Å². The largest absolute Gasteiger partial charge is 0.338 e. The van der Waals surface area contributed by atoms with Crippen molar-refractivity contribution < 1.29 is 4.79 Å². The highest BCUT2D eigenvalue weighted by atomic mass is 79.9. The summed E-state index contributed by atoms with van der Waals surface area (Å²) in [6.45, 7) is 10.0. The summed E-state index contributed by atoms with van der Waals surface area (Å²) < 4.78 is 4.53. The quantitative estimate of drug-likeness (QED) is 0.774. The van der Waals surface area contributed by atoms with Crippen LogP contribution in [0.5, 0.6) is 0 Å². The van der Waals surface area contributed by atoms with E-state index in [0.29, 0.717) is 0 Å². The van der Waals surface area contributed by atoms with Crippen LogP contribution in [0.25, 0.3) is 0 Å². The van der Waals surface area contributed by atoms with Crippen molar-refractivity contribution in [1.29, 1.82) is 0 Å². The number of amides is 1. The third-order valence-corrected chi connectivity index (χ3v) is 5.58. The molecular weight excluding hydrogens is 384 g/mol. The summed E-state index contributed by atoms with van der Waals surface area (Å²) in [6, 6.07) is -0.280. The molecule has 2 aromatic rings. The Morgan fingerprint density at radius 1 is 1.16 bits per heavy atom. The first-order valence-electron chi connectivity index (χ1n) is 8.56. The number of hydrogen-bond acceptors (Lipinski definition) is 4. The molecule has 1 amide bonds. The Kier molecular flexibility index (Phi) is 5.29. The molecule has 0 spiro atoms. The van der Waals surface area contributed by atoms with Crippen molar-refractivity contribution >= 4 is 21.8 Å². The maximum Gasteiger partial charge on any atom is 0.247 e. The Balaban J connectivity index is 1.56. The molecule has 1 saturated heterocycles. The normalized spacial score (nSPS) is 17.1. The van der Waals surface area contributed by atoms with E-state index in [1.165, 1.54) is 5.56 Å². The van der Waals surface area contributed by atoms with Gasteiger partial charge in [-0.2, -0.15) is 10.2 Å². The van der Waals surface area contributed by atoms with Crippen LogP contribution in [0.1, 0.15) is 29.9 Å². The molecule has 1 aliphatic rings. The Hall–Kier alpha value is -1.67. The second-order valence-corrected chi connectivity index (χ2v) is 7.59. The number of hydrogen-bond donors (Lipinski definition) is 0. The highest BCUT2D eigenvalue weighted by Gasteiger charge is 2.27. The average molecular weight is 409 g/mol. The molecule has 3 heterocycles. The predicted molar refractivity (Wildman–Crippen MR) is 99.2 cm³/mol. The fraction of sp³-hybridized carbons (Fsp3) is 0.588. The monoisotopic (exact) mass is 408 g/mol. The lowest BCUT2D eigenvalue weighted by molar-refractivity contribution is -0.136. The van der Waals surface area contributed by atoms with Crippen LogP contribution < -0.4 is 0 Å². The minimum absolute atomic E-state index is 0.132. The molecule has 136 valence electrons. The summed E-state index contributed by atoms with van der Waals surface area (Å²) in [6.07, 6.45) is 3.95. The number of aryl methyl sites for hydroxylation is 3. The fourth-order valence-electron chi connectivity index (χ4n) is 3.21. The number of nitrogens with zero attached hydrogens (tertiary/aromatic N) is 6. The minimum atomic E-state index is -0.280. The van der Waals surface area contributed by atoms with Gasteiger partial charge >= 0.3 is 0 Å². The van der Waals surface area contributed by atoms with E-state index in [1.807, 2.05) is 43.6 Å². The van der Waals surface area contributed by atoms with Crippen molar-refractivity contribution in [1.82, 2.24) is 29.4 Å². The Bertz CT molecular complexity index is 740. The Labute approximate surface area is 156 Å². The first-order chi connectivity index (χ1) is 11.8. The first kappa shape index (κ1) is 18.1. The standard InChI is InChI=1S/C17H25BrN6O/c1-12-15(9-21(4)19-12)10-22-5-7-23(8-6-22)17(25)14(3)24-11-16(18)13(2)20-24/h9,11,14H,5-8,10H2,1-4H3. The van der Waals surface area contributed by atoms with E-state index in [1.54, 1.807) is 4.68 Å². The summed E-state index contributed by atoms with van der Waals surface area (Å²) >= 11 is 3.45. The van der Waals surface area contributed by atoms with Gasteiger partial charge in [0.1, 0.15) is 6.04 Å². The van der Waals surface area contributed by atoms with Crippen LogP contribution in [0.2, 0.25) is 0 Å². The molecule has 1 fully saturated rings. The van der Waals surface area contributed by atoms with Crippen LogP contribution in [0, 0.1) is 13.8 Å². The third-order valence-electron chi connectivity index (χ3n) is 4.80. The van der Waals surface area contributed by atoms with Crippen molar-refractivity contribution in [3.63, 3.8) is 0 Å². The molecule has 2 aromatic heterocycles. The minimum Gasteiger partial charge on any atom is -0.338 e. The lowest BCUT2D eigenvalue weighted by Crippen LogP contribution is -2.50. The molecule has 7 nitrogen and oxygen atoms in total. The number of carbonyl (C=O) groups is 1. The van der Waals surface area contributed by atoms with E-state index in [0.717, 1.165) is 48.6 Å². The highest BCUT2D eigenvalue weighted by molar-refractivity contribution is 9.10. The van der Waals surface area contributed by atoms with E-state index in [9.17, 15) is 4.79 Å². The molecule has 1 aliphatic heterocycles. The van der Waals surface area contributed by atoms with Gasteiger partial charge in [0.15, 0.2) is 0 Å². The smallest absolute Gasteiger partial charge is 0.247 e. The van der Waals surface area contributed by atoms with E-state index in [4.69, 9.17) is 0 Å². The zero-order valence-electron chi connectivity index (χ0n) is 15.2. The van der Waals surface area contributed by atoms with E-state index >= 15 is 0 Å². The molecule has 0 radical (unpaired) electrons. The second-order valence-electron chi connectivity index (χ2n) is 6.73. The lowest BCUT2D eigenvalue weighted by Gasteiger charge is -2.35. The molecule has 1 atom stereocenters. The van der Waals surface area contributed by atoms with Gasteiger partial charge in [-0.25, -0.2) is 0 Å². The Morgan fingerprint density at radius 3 is 2.36 bits per heavy atom. The molecule has 1 unspecified atom stereocenters. The van der Waals surface area contributed by atoms with Gasteiger partial charge in [-0.15, -0.1) is 0 Å². The highest BCUT2D eigenvalue weighted by Crippen LogP contribution is 2.19. The number of halogens is 1. The van der Waals surface area contributed by atoms with E-state index in [2.05, 4.69) is 37.2 Å². The number of aromatic nitrogens is 4. The summed E-state index contributed by atoms with van der Waals surface area (Å²) in [4.78, 5) is 17.1. The lowest BCUT2D eigenvalue weighted by atomic mass is 10.2. The molecular formula is C17H25BrN6O. The van der Waals surface area contributed by atoms with Gasteiger partial charge in [0.2, 0.25) is 5.91 Å². The van der Waals surface area contributed by atoms with Crippen LogP contribution in [0.4, 0.5) is 0 Å². The van der Waals surface area contributed by atoms with Crippen molar-refractivity contribution in [2.75, 3.05) is 26.2 Å². The molecule has 0 N–H and O–H groups in total. The van der Waals surface area contributed by atoms with Gasteiger partial charge in [-0.05, 0) is 36.7 Å². The number of rotatable bonds is 4. The zero-order chi connectivity index (χ0) is 18.1. The molecule has 0 saturated carbocycles. The summed E-state index contributed by atoms with van der Waals surface area (Å²) in [5, 5.41) is 8.81. The maximum absolute atomic E-state index is 12.8. The van der Waals surface area contributed by atoms with Crippen LogP contribution >= 0.6 is 15.9 Å². The van der Waals surface area contributed by atoms with Gasteiger partial charge in [-0.1, -0.05) is 0 Å². The van der Waals surface area contributed by atoms with Crippen LogP contribution in [-0.2, 0) is 18.4 Å². The SMILES string of the molecule is Cc1nn(C(C)C(=O)N2CCN(Cc3cn(C)nc3C)CC2)cc1Br. The number of carbonyl (C=O) groups excluding carboxylic acids is 1. The molecule has 3 rings (SSSR count). The van der Waals surface area contributed by atoms with Gasteiger partial charge in [-0.3, -0.25) is 19.1 Å². The van der Waals surface area contributed by atoms with Crippen LogP contribution in [-0.4, -0.2) is 61.4 Å². The second kappa shape index (κ2) is 7.29. The summed E-state index contributed by atoms with van der Waals surface area (Å²) in [5.41, 5.74) is 3.23. The third kappa shape index (κ3) is 3.95. The van der Waals surface area contributed by atoms with Crippen molar-refractivity contribution in [3.05, 3.63) is 33.8 Å². The van der Waals surface area contributed by atoms with Crippen molar-refractivity contribution in [2.24, 2.45) is 7.05 Å². The predicted octanol–water partition coefficient (Wildman–Crippen LogP) is 1.90. The summed E-state index contributed by atoms with van der Waals surface area (Å²) in [5.74, 6) is 0.132. The van der Waals surface area contributed by atoms with E-state index in [-0.39, 0.29) is 11.9 Å². The maximum atomic E-state index is 12.8. The summed E-state index contributed by atoms with van der Waals surface area (Å²) in [7, 11) is 1.95. The van der Waals surface area contributed by atoms with E-state index < -0.39 is 0 Å². The zero-order valence-corrected chi connectivity index (χ0v) is 16.8. The van der Waals surface area contributed by atoms with Crippen LogP contribution in [0.3, 0.4) is 0 Å². The average Bonchev–Trinajstić information content (AvgIpc) is 3.08. The van der Waals surface area contributed by atoms with Gasteiger partial charge in [0.25, 0.3) is 0 Å². The van der Waals surface area contributed by atoms with Crippen LogP contribution in [0.15, 0.2) is 16.9 Å². The Morgan fingerprint density at radius 2 is 1.84 bits per heavy atom. The van der Waals surface area contributed by atoms with Gasteiger partial charge < -0.3 is 4.90 Å². The molecule has 0 aromatic carbocycles. The fourth-order valence-corrected chi connectivity index (χ4v) is 3.50. The van der Waals surface area contributed by atoms with Crippen molar-refractivity contribution in [2.45, 2.75) is 33.4 Å². The van der Waals surface area contributed by atoms with Gasteiger partial charge in [0.05, 0.1) is 15.9 Å². The first-order valence-corrected chi connectivity index (χ1v) is 9.36. The molecule has 8 heteroatoms. The van der Waals surface area contributed by atoms with Crippen molar-refractivity contribution in [3.8, 4) is 0 Å². The number of piperazine rings is 1. The molecule has 0 bridgehead atoms. The molecule has 0 aliphatic carbocycles. The topological polar surface area (TPSA) is 59.2 Å². The molecule has 25 heavy (non-hydrogen) atoms.